The number of carbonyl (C=O) groups excluding carboxylic acids is 2. The van der Waals surface area contributed by atoms with Crippen LogP contribution in [0.15, 0.2) is 72.9 Å². The van der Waals surface area contributed by atoms with Crippen molar-refractivity contribution < 1.29 is 28.3 Å². The van der Waals surface area contributed by atoms with Crippen LogP contribution in [0.3, 0.4) is 0 Å². The van der Waals surface area contributed by atoms with Crippen molar-refractivity contribution in [3.63, 3.8) is 0 Å². The summed E-state index contributed by atoms with van der Waals surface area (Å²) < 4.78 is 28.7. The van der Waals surface area contributed by atoms with Crippen molar-refractivity contribution in [2.75, 3.05) is 19.0 Å². The van der Waals surface area contributed by atoms with Gasteiger partial charge in [0, 0.05) is 59.9 Å². The summed E-state index contributed by atoms with van der Waals surface area (Å²) in [6.07, 6.45) is 1.60. The fourth-order valence-corrected chi connectivity index (χ4v) is 9.02. The van der Waals surface area contributed by atoms with Gasteiger partial charge in [0.1, 0.15) is 11.9 Å². The Kier molecular flexibility index (Phi) is 9.05. The Bertz CT molecular complexity index is 1740. The van der Waals surface area contributed by atoms with E-state index in [1.54, 1.807) is 37.2 Å². The van der Waals surface area contributed by atoms with Crippen molar-refractivity contribution in [1.29, 1.82) is 0 Å². The highest BCUT2D eigenvalue weighted by Crippen LogP contribution is 2.48. The van der Waals surface area contributed by atoms with Gasteiger partial charge in [0.2, 0.25) is 20.2 Å². The Morgan fingerprint density at radius 1 is 1.13 bits per heavy atom. The van der Waals surface area contributed by atoms with E-state index in [4.69, 9.17) is 9.47 Å². The number of aliphatic hydroxyl groups is 1. The molecular formula is C36H42FN3O5Si. The topological polar surface area (TPSA) is 104 Å². The first-order chi connectivity index (χ1) is 22.1. The number of nitrogens with zero attached hydrogens (tertiary/aromatic N) is 1. The van der Waals surface area contributed by atoms with Crippen LogP contribution in [-0.2, 0) is 33.7 Å². The molecule has 0 aliphatic carbocycles. The first-order valence-electron chi connectivity index (χ1n) is 15.9. The van der Waals surface area contributed by atoms with Crippen molar-refractivity contribution in [2.45, 2.75) is 69.6 Å². The number of aromatic amines is 1. The summed E-state index contributed by atoms with van der Waals surface area (Å²) in [6.45, 7) is 5.45. The second-order valence-electron chi connectivity index (χ2n) is 13.1. The fourth-order valence-electron chi connectivity index (χ4n) is 7.21. The van der Waals surface area contributed by atoms with E-state index in [1.807, 2.05) is 67.7 Å². The van der Waals surface area contributed by atoms with Gasteiger partial charge in [-0.05, 0) is 60.5 Å². The summed E-state index contributed by atoms with van der Waals surface area (Å²) in [7, 11) is -1.83. The van der Waals surface area contributed by atoms with Crippen molar-refractivity contribution >= 4 is 36.8 Å². The van der Waals surface area contributed by atoms with Crippen LogP contribution in [0.1, 0.15) is 41.7 Å². The molecule has 0 bridgehead atoms. The highest BCUT2D eigenvalue weighted by atomic mass is 28.4. The molecule has 2 amide bonds. The number of amides is 2. The third-order valence-corrected chi connectivity index (χ3v) is 12.0. The van der Waals surface area contributed by atoms with Crippen LogP contribution in [0.5, 0.6) is 5.75 Å². The van der Waals surface area contributed by atoms with Crippen LogP contribution in [0.25, 0.3) is 10.9 Å². The van der Waals surface area contributed by atoms with Gasteiger partial charge in [-0.15, -0.1) is 0 Å². The number of H-pyrrole nitrogens is 1. The highest BCUT2D eigenvalue weighted by molar-refractivity contribution is 6.72. The van der Waals surface area contributed by atoms with E-state index in [-0.39, 0.29) is 43.2 Å². The summed E-state index contributed by atoms with van der Waals surface area (Å²) >= 11 is 0. The molecule has 6 rings (SSSR count). The van der Waals surface area contributed by atoms with Crippen LogP contribution < -0.4 is 10.1 Å². The number of halogens is 1. The molecule has 1 unspecified atom stereocenters. The minimum Gasteiger partial charge on any atom is -0.490 e. The van der Waals surface area contributed by atoms with E-state index in [0.717, 1.165) is 33.2 Å². The zero-order chi connectivity index (χ0) is 32.6. The average molecular weight is 644 g/mol. The maximum absolute atomic E-state index is 16.2. The van der Waals surface area contributed by atoms with Crippen molar-refractivity contribution in [2.24, 2.45) is 5.92 Å². The summed E-state index contributed by atoms with van der Waals surface area (Å²) in [5.41, 5.74) is 4.82. The largest absolute Gasteiger partial charge is 0.490 e. The SMILES string of the molecule is CO[C@@H]1c2cc(NC(=O)Cc3c[nH]c4ccccc34)ccc2O[C@H](C(CC(=O)N2Cc3ccccc3C[C@H]2CO)[Si](C)(C)F)[C@H]1C. The molecule has 0 saturated carbocycles. The number of hydrogen-bond donors (Lipinski definition) is 3. The summed E-state index contributed by atoms with van der Waals surface area (Å²) in [6, 6.07) is 20.9. The minimum absolute atomic E-state index is 0.0167. The number of ether oxygens (including phenoxy) is 2. The Balaban J connectivity index is 1.20. The lowest BCUT2D eigenvalue weighted by Gasteiger charge is -2.44. The molecule has 3 heterocycles. The van der Waals surface area contributed by atoms with Crippen LogP contribution in [0.4, 0.5) is 9.80 Å². The number of para-hydroxylation sites is 1. The molecule has 0 spiro atoms. The lowest BCUT2D eigenvalue weighted by Crippen LogP contribution is -2.50. The third kappa shape index (κ3) is 6.34. The monoisotopic (exact) mass is 643 g/mol. The van der Waals surface area contributed by atoms with Gasteiger partial charge >= 0.3 is 0 Å². The quantitative estimate of drug-likeness (QED) is 0.146. The number of methoxy groups -OCH3 is 1. The number of carbonyl (C=O) groups is 2. The molecule has 3 N–H and O–H groups in total. The Morgan fingerprint density at radius 3 is 2.61 bits per heavy atom. The zero-order valence-corrected chi connectivity index (χ0v) is 27.8. The Labute approximate surface area is 270 Å². The normalized spacial score (nSPS) is 21.7. The van der Waals surface area contributed by atoms with Gasteiger partial charge in [0.25, 0.3) is 0 Å². The molecule has 2 aliphatic rings. The lowest BCUT2D eigenvalue weighted by atomic mass is 9.86. The lowest BCUT2D eigenvalue weighted by molar-refractivity contribution is -0.136. The summed E-state index contributed by atoms with van der Waals surface area (Å²) in [5, 5.41) is 14.2. The molecule has 0 fully saturated rings. The van der Waals surface area contributed by atoms with E-state index in [0.29, 0.717) is 24.4 Å². The van der Waals surface area contributed by atoms with Gasteiger partial charge in [-0.2, -0.15) is 0 Å². The van der Waals surface area contributed by atoms with E-state index in [2.05, 4.69) is 10.3 Å². The molecule has 8 nitrogen and oxygen atoms in total. The highest BCUT2D eigenvalue weighted by Gasteiger charge is 2.49. The second kappa shape index (κ2) is 13.0. The molecule has 3 aromatic carbocycles. The van der Waals surface area contributed by atoms with E-state index in [9.17, 15) is 14.7 Å². The van der Waals surface area contributed by atoms with E-state index < -0.39 is 26.2 Å². The summed E-state index contributed by atoms with van der Waals surface area (Å²) in [4.78, 5) is 31.8. The maximum atomic E-state index is 16.2. The predicted octanol–water partition coefficient (Wildman–Crippen LogP) is 6.31. The number of fused-ring (bicyclic) bond motifs is 3. The molecule has 1 aromatic heterocycles. The number of rotatable bonds is 9. The predicted molar refractivity (Wildman–Crippen MR) is 179 cm³/mol. The first-order valence-corrected chi connectivity index (χ1v) is 18.9. The molecular weight excluding hydrogens is 601 g/mol. The molecule has 5 atom stereocenters. The molecule has 0 saturated heterocycles. The van der Waals surface area contributed by atoms with Crippen molar-refractivity contribution in [3.8, 4) is 5.75 Å². The molecule has 2 aliphatic heterocycles. The number of hydrogen-bond acceptors (Lipinski definition) is 5. The van der Waals surface area contributed by atoms with Gasteiger partial charge in [-0.1, -0.05) is 49.4 Å². The maximum Gasteiger partial charge on any atom is 0.248 e. The van der Waals surface area contributed by atoms with Crippen molar-refractivity contribution in [3.05, 3.63) is 95.2 Å². The molecule has 0 radical (unpaired) electrons. The average Bonchev–Trinajstić information content (AvgIpc) is 3.44. The zero-order valence-electron chi connectivity index (χ0n) is 26.8. The third-order valence-electron chi connectivity index (χ3n) is 9.70. The number of anilines is 1. The number of benzene rings is 3. The van der Waals surface area contributed by atoms with Crippen LogP contribution in [0.2, 0.25) is 18.6 Å². The van der Waals surface area contributed by atoms with E-state index >= 15 is 4.11 Å². The Hall–Kier alpha value is -3.99. The van der Waals surface area contributed by atoms with Crippen LogP contribution in [-0.4, -0.2) is 61.1 Å². The standard InChI is InChI=1S/C36H42FN3O5Si/c1-22-35(44-2)29-17-26(39-33(42)16-25-19-38-30-12-8-7-11-28(25)30)13-14-31(29)45-36(22)32(46(3,4)37)18-34(43)40-20-24-10-6-5-9-23(24)15-27(40)21-41/h5-14,17,19,22,27,32,35-36,38,41H,15-16,18,20-21H2,1-4H3,(H,39,42)/t22-,27-,32?,35-,36-/m0/s1. The second-order valence-corrected chi connectivity index (χ2v) is 17.0. The van der Waals surface area contributed by atoms with Gasteiger partial charge in [-0.3, -0.25) is 9.59 Å². The van der Waals surface area contributed by atoms with Gasteiger partial charge in [0.05, 0.1) is 25.2 Å². The number of aromatic nitrogens is 1. The smallest absolute Gasteiger partial charge is 0.248 e. The Morgan fingerprint density at radius 2 is 1.87 bits per heavy atom. The van der Waals surface area contributed by atoms with Crippen LogP contribution >= 0.6 is 0 Å². The van der Waals surface area contributed by atoms with Gasteiger partial charge in [-0.25, -0.2) is 0 Å². The van der Waals surface area contributed by atoms with Gasteiger partial charge < -0.3 is 33.9 Å². The first kappa shape index (κ1) is 32.0. The number of aliphatic hydroxyl groups excluding tert-OH is 1. The number of nitrogens with one attached hydrogen (secondary N) is 2. The van der Waals surface area contributed by atoms with Gasteiger partial charge in [0.15, 0.2) is 0 Å². The minimum atomic E-state index is -3.44. The van der Waals surface area contributed by atoms with E-state index in [1.165, 1.54) is 0 Å². The summed E-state index contributed by atoms with van der Waals surface area (Å²) in [5.74, 6) is -0.0432. The molecule has 46 heavy (non-hydrogen) atoms. The fraction of sp³-hybridized carbons (Fsp3) is 0.389. The van der Waals surface area contributed by atoms with Crippen LogP contribution in [0, 0.1) is 5.92 Å². The van der Waals surface area contributed by atoms with Crippen molar-refractivity contribution in [1.82, 2.24) is 9.88 Å². The molecule has 242 valence electrons. The molecule has 10 heteroatoms. The molecule has 4 aromatic rings.